The Balaban J connectivity index is 2.11. The highest BCUT2D eigenvalue weighted by atomic mass is 19.1. The number of rotatable bonds is 3. The van der Waals surface area contributed by atoms with Gasteiger partial charge in [0.25, 0.3) is 0 Å². The van der Waals surface area contributed by atoms with Gasteiger partial charge < -0.3 is 0 Å². The molecule has 1 aliphatic rings. The molecule has 0 radical (unpaired) electrons. The van der Waals surface area contributed by atoms with Gasteiger partial charge in [-0.3, -0.25) is 5.32 Å². The third-order valence-corrected chi connectivity index (χ3v) is 3.40. The first-order valence-electron chi connectivity index (χ1n) is 6.12. The Morgan fingerprint density at radius 1 is 1.41 bits per heavy atom. The van der Waals surface area contributed by atoms with Crippen molar-refractivity contribution < 1.29 is 4.39 Å². The minimum absolute atomic E-state index is 0.216. The average Bonchev–Trinajstić information content (AvgIpc) is 2.82. The number of halogens is 1. The lowest BCUT2D eigenvalue weighted by Gasteiger charge is -2.17. The van der Waals surface area contributed by atoms with E-state index < -0.39 is 0 Å². The summed E-state index contributed by atoms with van der Waals surface area (Å²) in [6, 6.07) is 7.26. The number of nitrogens with zero attached hydrogens (tertiary/aromatic N) is 1. The number of nitrogens with one attached hydrogen (secondary N) is 1. The highest BCUT2D eigenvalue weighted by Crippen LogP contribution is 2.22. The summed E-state index contributed by atoms with van der Waals surface area (Å²) in [5.41, 5.74) is 1.45. The van der Waals surface area contributed by atoms with Gasteiger partial charge in [0.2, 0.25) is 0 Å². The van der Waals surface area contributed by atoms with Gasteiger partial charge in [0, 0.05) is 6.04 Å². The fourth-order valence-electron chi connectivity index (χ4n) is 2.38. The average molecular weight is 232 g/mol. The van der Waals surface area contributed by atoms with Crippen molar-refractivity contribution in [3.8, 4) is 6.07 Å². The van der Waals surface area contributed by atoms with Crippen LogP contribution in [-0.4, -0.2) is 6.04 Å². The molecular weight excluding hydrogens is 215 g/mol. The minimum Gasteiger partial charge on any atom is -0.295 e. The minimum atomic E-state index is -0.322. The first-order valence-corrected chi connectivity index (χ1v) is 6.12. The molecule has 0 amide bonds. The molecular formula is C14H17FN2. The van der Waals surface area contributed by atoms with Gasteiger partial charge in [-0.05, 0) is 37.0 Å². The Kier molecular flexibility index (Phi) is 3.75. The van der Waals surface area contributed by atoms with E-state index in [1.54, 1.807) is 19.1 Å². The summed E-state index contributed by atoms with van der Waals surface area (Å²) >= 11 is 0. The molecule has 0 spiro atoms. The molecule has 1 aromatic rings. The highest BCUT2D eigenvalue weighted by Gasteiger charge is 2.20. The maximum atomic E-state index is 13.2. The standard InChI is InChI=1S/C14H17FN2/c1-10-8-11(6-7-13(10)15)14(9-16)17-12-4-2-3-5-12/h6-8,12,14,17H,2-5H2,1H3. The van der Waals surface area contributed by atoms with Crippen LogP contribution in [0.5, 0.6) is 0 Å². The van der Waals surface area contributed by atoms with E-state index >= 15 is 0 Å². The summed E-state index contributed by atoms with van der Waals surface area (Å²) < 4.78 is 13.2. The smallest absolute Gasteiger partial charge is 0.126 e. The fourth-order valence-corrected chi connectivity index (χ4v) is 2.38. The molecule has 1 atom stereocenters. The monoisotopic (exact) mass is 232 g/mol. The van der Waals surface area contributed by atoms with Crippen LogP contribution in [0.25, 0.3) is 0 Å². The summed E-state index contributed by atoms with van der Waals surface area (Å²) in [5, 5.41) is 12.5. The quantitative estimate of drug-likeness (QED) is 0.868. The summed E-state index contributed by atoms with van der Waals surface area (Å²) in [7, 11) is 0. The van der Waals surface area contributed by atoms with Crippen LogP contribution in [0, 0.1) is 24.1 Å². The predicted octanol–water partition coefficient (Wildman–Crippen LogP) is 3.23. The van der Waals surface area contributed by atoms with Crippen molar-refractivity contribution in [1.29, 1.82) is 5.26 Å². The van der Waals surface area contributed by atoms with Crippen molar-refractivity contribution in [2.75, 3.05) is 0 Å². The maximum Gasteiger partial charge on any atom is 0.126 e. The van der Waals surface area contributed by atoms with Crippen LogP contribution in [0.2, 0.25) is 0 Å². The molecule has 90 valence electrons. The normalized spacial score (nSPS) is 17.9. The second-order valence-corrected chi connectivity index (χ2v) is 4.72. The van der Waals surface area contributed by atoms with E-state index in [4.69, 9.17) is 0 Å². The van der Waals surface area contributed by atoms with Crippen molar-refractivity contribution in [3.63, 3.8) is 0 Å². The van der Waals surface area contributed by atoms with E-state index in [0.29, 0.717) is 11.6 Å². The van der Waals surface area contributed by atoms with Gasteiger partial charge in [0.15, 0.2) is 0 Å². The Labute approximate surface area is 101 Å². The second kappa shape index (κ2) is 5.29. The zero-order valence-corrected chi connectivity index (χ0v) is 10.0. The number of benzene rings is 1. The molecule has 1 N–H and O–H groups in total. The molecule has 0 aliphatic heterocycles. The van der Waals surface area contributed by atoms with Crippen LogP contribution in [0.1, 0.15) is 42.9 Å². The number of aryl methyl sites for hydroxylation is 1. The van der Waals surface area contributed by atoms with E-state index in [0.717, 1.165) is 18.4 Å². The zero-order valence-electron chi connectivity index (χ0n) is 10.0. The fraction of sp³-hybridized carbons (Fsp3) is 0.500. The van der Waals surface area contributed by atoms with Gasteiger partial charge in [-0.1, -0.05) is 25.0 Å². The molecule has 1 aliphatic carbocycles. The second-order valence-electron chi connectivity index (χ2n) is 4.72. The Bertz CT molecular complexity index is 430. The molecule has 0 saturated heterocycles. The van der Waals surface area contributed by atoms with Crippen LogP contribution in [0.3, 0.4) is 0 Å². The molecule has 0 heterocycles. The van der Waals surface area contributed by atoms with Crippen molar-refractivity contribution in [1.82, 2.24) is 5.32 Å². The molecule has 0 bridgehead atoms. The lowest BCUT2D eigenvalue weighted by molar-refractivity contribution is 0.491. The first-order chi connectivity index (χ1) is 8.20. The SMILES string of the molecule is Cc1cc(C(C#N)NC2CCCC2)ccc1F. The molecule has 1 unspecified atom stereocenters. The third-order valence-electron chi connectivity index (χ3n) is 3.40. The molecule has 2 nitrogen and oxygen atoms in total. The summed E-state index contributed by atoms with van der Waals surface area (Å²) in [4.78, 5) is 0. The van der Waals surface area contributed by atoms with E-state index in [1.165, 1.54) is 18.9 Å². The largest absolute Gasteiger partial charge is 0.295 e. The van der Waals surface area contributed by atoms with Gasteiger partial charge in [-0.15, -0.1) is 0 Å². The van der Waals surface area contributed by atoms with E-state index in [-0.39, 0.29) is 11.9 Å². The molecule has 1 fully saturated rings. The highest BCUT2D eigenvalue weighted by molar-refractivity contribution is 5.29. The van der Waals surface area contributed by atoms with Gasteiger partial charge in [-0.25, -0.2) is 4.39 Å². The lowest BCUT2D eigenvalue weighted by atomic mass is 10.0. The van der Waals surface area contributed by atoms with Gasteiger partial charge in [-0.2, -0.15) is 5.26 Å². The van der Waals surface area contributed by atoms with E-state index in [2.05, 4.69) is 11.4 Å². The molecule has 17 heavy (non-hydrogen) atoms. The van der Waals surface area contributed by atoms with E-state index in [9.17, 15) is 9.65 Å². The lowest BCUT2D eigenvalue weighted by Crippen LogP contribution is -2.29. The van der Waals surface area contributed by atoms with Crippen LogP contribution in [-0.2, 0) is 0 Å². The molecule has 0 aromatic heterocycles. The van der Waals surface area contributed by atoms with Crippen molar-refractivity contribution in [3.05, 3.63) is 35.1 Å². The van der Waals surface area contributed by atoms with E-state index in [1.807, 2.05) is 0 Å². The molecule has 1 aromatic carbocycles. The number of hydrogen-bond donors (Lipinski definition) is 1. The molecule has 3 heteroatoms. The Morgan fingerprint density at radius 2 is 2.12 bits per heavy atom. The van der Waals surface area contributed by atoms with Crippen molar-refractivity contribution in [2.24, 2.45) is 0 Å². The zero-order chi connectivity index (χ0) is 12.3. The maximum absolute atomic E-state index is 13.2. The summed E-state index contributed by atoms with van der Waals surface area (Å²) in [6.07, 6.45) is 4.74. The van der Waals surface area contributed by atoms with Gasteiger partial charge in [0.1, 0.15) is 11.9 Å². The van der Waals surface area contributed by atoms with Gasteiger partial charge in [0.05, 0.1) is 6.07 Å². The van der Waals surface area contributed by atoms with Crippen molar-refractivity contribution >= 4 is 0 Å². The van der Waals surface area contributed by atoms with Crippen molar-refractivity contribution in [2.45, 2.75) is 44.7 Å². The Morgan fingerprint density at radius 3 is 2.71 bits per heavy atom. The summed E-state index contributed by atoms with van der Waals surface area (Å²) in [6.45, 7) is 1.73. The number of nitriles is 1. The molecule has 2 rings (SSSR count). The summed E-state index contributed by atoms with van der Waals surface area (Å²) in [5.74, 6) is -0.216. The first kappa shape index (κ1) is 12.1. The van der Waals surface area contributed by atoms with Crippen LogP contribution in [0.15, 0.2) is 18.2 Å². The number of hydrogen-bond acceptors (Lipinski definition) is 2. The Hall–Kier alpha value is -1.40. The molecule has 1 saturated carbocycles. The predicted molar refractivity (Wildman–Crippen MR) is 64.9 cm³/mol. The topological polar surface area (TPSA) is 35.8 Å². The van der Waals surface area contributed by atoms with Crippen LogP contribution >= 0.6 is 0 Å². The van der Waals surface area contributed by atoms with Gasteiger partial charge >= 0.3 is 0 Å². The third kappa shape index (κ3) is 2.83. The van der Waals surface area contributed by atoms with Crippen LogP contribution in [0.4, 0.5) is 4.39 Å². The van der Waals surface area contributed by atoms with Crippen LogP contribution < -0.4 is 5.32 Å².